The molecule has 1 aliphatic heterocycles. The molecule has 0 spiro atoms. The van der Waals surface area contributed by atoms with E-state index in [9.17, 15) is 0 Å². The lowest BCUT2D eigenvalue weighted by atomic mass is 10.4. The summed E-state index contributed by atoms with van der Waals surface area (Å²) in [7, 11) is 1.69. The number of hydrogen-bond acceptors (Lipinski definition) is 2. The second-order valence-corrected chi connectivity index (χ2v) is 1.81. The Kier molecular flexibility index (Phi) is 2.27. The van der Waals surface area contributed by atoms with Crippen LogP contribution in [0.3, 0.4) is 0 Å². The van der Waals surface area contributed by atoms with Crippen molar-refractivity contribution in [3.63, 3.8) is 0 Å². The summed E-state index contributed by atoms with van der Waals surface area (Å²) in [5, 5.41) is 7.29. The van der Waals surface area contributed by atoms with Gasteiger partial charge in [0.25, 0.3) is 0 Å². The highest BCUT2D eigenvalue weighted by atomic mass is 16.5. The van der Waals surface area contributed by atoms with Gasteiger partial charge < -0.3 is 4.74 Å². The summed E-state index contributed by atoms with van der Waals surface area (Å²) in [5.41, 5.74) is 0. The molecule has 1 rings (SSSR count). The number of hydrogen-bond donors (Lipinski definition) is 1. The van der Waals surface area contributed by atoms with Crippen molar-refractivity contribution in [3.05, 3.63) is 0 Å². The Balaban J connectivity index is 2.13. The van der Waals surface area contributed by atoms with Crippen LogP contribution in [-0.4, -0.2) is 33.0 Å². The fraction of sp³-hybridized carbons (Fsp3) is 1.00. The van der Waals surface area contributed by atoms with E-state index in [1.54, 1.807) is 7.11 Å². The van der Waals surface area contributed by atoms with Crippen LogP contribution in [0.2, 0.25) is 0 Å². The summed E-state index contributed by atoms with van der Waals surface area (Å²) in [6.07, 6.45) is 0.170. The monoisotopic (exact) mass is 115 g/mol. The van der Waals surface area contributed by atoms with Gasteiger partial charge in [-0.3, -0.25) is 5.32 Å². The van der Waals surface area contributed by atoms with Crippen LogP contribution in [0.5, 0.6) is 0 Å². The zero-order valence-corrected chi connectivity index (χ0v) is 5.05. The predicted molar refractivity (Wildman–Crippen MR) is 30.7 cm³/mol. The van der Waals surface area contributed by atoms with Gasteiger partial charge in [0.1, 0.15) is 6.23 Å². The molecular weight excluding hydrogens is 104 g/mol. The van der Waals surface area contributed by atoms with E-state index in [-0.39, 0.29) is 6.23 Å². The summed E-state index contributed by atoms with van der Waals surface area (Å²) < 4.78 is 4.99. The van der Waals surface area contributed by atoms with Crippen molar-refractivity contribution in [2.24, 2.45) is 0 Å². The van der Waals surface area contributed by atoms with E-state index in [4.69, 9.17) is 4.74 Å². The first-order chi connectivity index (χ1) is 3.93. The largest absolute Gasteiger partial charge is 0.365 e. The zero-order valence-electron chi connectivity index (χ0n) is 5.05. The molecule has 3 nitrogen and oxygen atoms in total. The maximum atomic E-state index is 4.99. The SMILES string of the molecule is COC1C[N]CCN1. The lowest BCUT2D eigenvalue weighted by molar-refractivity contribution is 0.0614. The summed E-state index contributed by atoms with van der Waals surface area (Å²) in [5.74, 6) is 0. The molecule has 1 heterocycles. The van der Waals surface area contributed by atoms with Crippen molar-refractivity contribution in [1.29, 1.82) is 0 Å². The quantitative estimate of drug-likeness (QED) is 0.484. The van der Waals surface area contributed by atoms with E-state index in [1.165, 1.54) is 0 Å². The first-order valence-electron chi connectivity index (χ1n) is 2.83. The maximum absolute atomic E-state index is 4.99. The van der Waals surface area contributed by atoms with E-state index in [2.05, 4.69) is 10.6 Å². The van der Waals surface area contributed by atoms with Crippen LogP contribution in [0.15, 0.2) is 0 Å². The van der Waals surface area contributed by atoms with Gasteiger partial charge in [-0.15, -0.1) is 0 Å². The average Bonchev–Trinajstić information content (AvgIpc) is 1.90. The first-order valence-corrected chi connectivity index (χ1v) is 2.83. The third-order valence-electron chi connectivity index (χ3n) is 1.22. The normalized spacial score (nSPS) is 30.4. The second-order valence-electron chi connectivity index (χ2n) is 1.81. The van der Waals surface area contributed by atoms with Crippen molar-refractivity contribution in [1.82, 2.24) is 10.6 Å². The molecule has 0 aromatic rings. The molecule has 0 aromatic carbocycles. The molecule has 0 aromatic heterocycles. The van der Waals surface area contributed by atoms with Crippen LogP contribution < -0.4 is 10.6 Å². The molecule has 0 saturated carbocycles. The van der Waals surface area contributed by atoms with Crippen molar-refractivity contribution in [2.45, 2.75) is 6.23 Å². The highest BCUT2D eigenvalue weighted by Crippen LogP contribution is 1.86. The standard InChI is InChI=1S/C5H11N2O/c1-8-5-4-6-2-3-7-5/h5,7H,2-4H2,1H3. The third-order valence-corrected chi connectivity index (χ3v) is 1.22. The molecule has 47 valence electrons. The Hall–Kier alpha value is -0.120. The topological polar surface area (TPSA) is 35.4 Å². The number of rotatable bonds is 1. The van der Waals surface area contributed by atoms with Gasteiger partial charge >= 0.3 is 0 Å². The first kappa shape index (κ1) is 6.01. The average molecular weight is 115 g/mol. The van der Waals surface area contributed by atoms with Gasteiger partial charge in [0.2, 0.25) is 0 Å². The molecule has 1 aliphatic rings. The number of nitrogens with zero attached hydrogens (tertiary/aromatic N) is 1. The van der Waals surface area contributed by atoms with Gasteiger partial charge in [-0.1, -0.05) is 0 Å². The van der Waals surface area contributed by atoms with Crippen LogP contribution in [0.1, 0.15) is 0 Å². The summed E-state index contributed by atoms with van der Waals surface area (Å²) in [6, 6.07) is 0. The Labute approximate surface area is 49.4 Å². The molecule has 1 radical (unpaired) electrons. The van der Waals surface area contributed by atoms with Crippen LogP contribution in [-0.2, 0) is 4.74 Å². The molecule has 1 fully saturated rings. The lowest BCUT2D eigenvalue weighted by Gasteiger charge is -2.21. The van der Waals surface area contributed by atoms with Gasteiger partial charge in [-0.05, 0) is 0 Å². The summed E-state index contributed by atoms with van der Waals surface area (Å²) >= 11 is 0. The Bertz CT molecular complexity index is 61.4. The van der Waals surface area contributed by atoms with E-state index < -0.39 is 0 Å². The zero-order chi connectivity index (χ0) is 5.82. The molecule has 1 atom stereocenters. The number of piperazine rings is 1. The van der Waals surface area contributed by atoms with E-state index in [1.807, 2.05) is 0 Å². The molecule has 3 heteroatoms. The minimum atomic E-state index is 0.170. The fourth-order valence-electron chi connectivity index (χ4n) is 0.736. The fourth-order valence-corrected chi connectivity index (χ4v) is 0.736. The van der Waals surface area contributed by atoms with Crippen LogP contribution in [0.25, 0.3) is 0 Å². The Morgan fingerprint density at radius 2 is 2.62 bits per heavy atom. The summed E-state index contributed by atoms with van der Waals surface area (Å²) in [6.45, 7) is 2.69. The number of methoxy groups -OCH3 is 1. The van der Waals surface area contributed by atoms with Crippen molar-refractivity contribution < 1.29 is 4.74 Å². The molecule has 0 bridgehead atoms. The molecule has 1 saturated heterocycles. The van der Waals surface area contributed by atoms with Gasteiger partial charge in [0, 0.05) is 20.2 Å². The summed E-state index contributed by atoms with van der Waals surface area (Å²) in [4.78, 5) is 0. The van der Waals surface area contributed by atoms with Crippen molar-refractivity contribution in [3.8, 4) is 0 Å². The molecule has 0 aliphatic carbocycles. The molecule has 1 unspecified atom stereocenters. The second kappa shape index (κ2) is 3.02. The Morgan fingerprint density at radius 3 is 3.00 bits per heavy atom. The maximum Gasteiger partial charge on any atom is 0.122 e. The molecular formula is C5H11N2O. The smallest absolute Gasteiger partial charge is 0.122 e. The van der Waals surface area contributed by atoms with Gasteiger partial charge in [-0.25, -0.2) is 5.32 Å². The third kappa shape index (κ3) is 1.43. The van der Waals surface area contributed by atoms with Crippen molar-refractivity contribution in [2.75, 3.05) is 26.7 Å². The lowest BCUT2D eigenvalue weighted by Crippen LogP contribution is -2.45. The molecule has 1 N–H and O–H groups in total. The highest BCUT2D eigenvalue weighted by molar-refractivity contribution is 4.65. The highest BCUT2D eigenvalue weighted by Gasteiger charge is 2.09. The van der Waals surface area contributed by atoms with Crippen LogP contribution in [0, 0.1) is 0 Å². The van der Waals surface area contributed by atoms with E-state index in [0.29, 0.717) is 0 Å². The predicted octanol–water partition coefficient (Wildman–Crippen LogP) is -0.833. The van der Waals surface area contributed by atoms with Crippen LogP contribution >= 0.6 is 0 Å². The van der Waals surface area contributed by atoms with Gasteiger partial charge in [0.05, 0.1) is 6.54 Å². The minimum absolute atomic E-state index is 0.170. The van der Waals surface area contributed by atoms with Gasteiger partial charge in [-0.2, -0.15) is 0 Å². The Morgan fingerprint density at radius 1 is 1.75 bits per heavy atom. The van der Waals surface area contributed by atoms with E-state index in [0.717, 1.165) is 19.6 Å². The van der Waals surface area contributed by atoms with E-state index >= 15 is 0 Å². The number of nitrogens with one attached hydrogen (secondary N) is 1. The number of ether oxygens (including phenoxy) is 1. The van der Waals surface area contributed by atoms with Crippen molar-refractivity contribution >= 4 is 0 Å². The van der Waals surface area contributed by atoms with Gasteiger partial charge in [0.15, 0.2) is 0 Å². The van der Waals surface area contributed by atoms with Crippen LogP contribution in [0.4, 0.5) is 0 Å². The minimum Gasteiger partial charge on any atom is -0.365 e. The molecule has 8 heavy (non-hydrogen) atoms. The molecule has 0 amide bonds.